The van der Waals surface area contributed by atoms with Gasteiger partial charge < -0.3 is 0 Å². The second-order valence-corrected chi connectivity index (χ2v) is 5.40. The number of aromatic nitrogens is 1. The summed E-state index contributed by atoms with van der Waals surface area (Å²) in [7, 11) is 0. The van der Waals surface area contributed by atoms with Crippen molar-refractivity contribution in [2.45, 2.75) is 6.92 Å². The van der Waals surface area contributed by atoms with Gasteiger partial charge in [0.05, 0.1) is 10.7 Å². The quantitative estimate of drug-likeness (QED) is 0.652. The van der Waals surface area contributed by atoms with Gasteiger partial charge in [0.15, 0.2) is 0 Å². The Bertz CT molecular complexity index is 541. The van der Waals surface area contributed by atoms with Crippen LogP contribution in [0.1, 0.15) is 5.56 Å². The summed E-state index contributed by atoms with van der Waals surface area (Å²) in [5.74, 6) is 0. The first kappa shape index (κ1) is 12.1. The number of hydrogen-bond donors (Lipinski definition) is 0. The van der Waals surface area contributed by atoms with Crippen LogP contribution in [-0.4, -0.2) is 4.98 Å². The second-order valence-electron chi connectivity index (χ2n) is 3.39. The molecule has 82 valence electrons. The fraction of sp³-hybridized carbons (Fsp3) is 0.0833. The molecule has 0 radical (unpaired) electrons. The first-order valence-corrected chi connectivity index (χ1v) is 6.49. The van der Waals surface area contributed by atoms with Gasteiger partial charge in [-0.25, -0.2) is 0 Å². The first-order valence-electron chi connectivity index (χ1n) is 4.66. The molecule has 0 bridgehead atoms. The number of nitrogens with zero attached hydrogens (tertiary/aromatic N) is 1. The van der Waals surface area contributed by atoms with Crippen LogP contribution in [0.4, 0.5) is 0 Å². The lowest BCUT2D eigenvalue weighted by Gasteiger charge is -2.08. The Morgan fingerprint density at radius 1 is 1.19 bits per heavy atom. The lowest BCUT2D eigenvalue weighted by atomic mass is 10.1. The van der Waals surface area contributed by atoms with Crippen molar-refractivity contribution >= 4 is 45.8 Å². The third-order valence-corrected chi connectivity index (χ3v) is 4.05. The molecule has 0 saturated carbocycles. The average Bonchev–Trinajstić information content (AvgIpc) is 2.26. The van der Waals surface area contributed by atoms with Crippen LogP contribution in [0.3, 0.4) is 0 Å². The molecule has 0 saturated heterocycles. The van der Waals surface area contributed by atoms with E-state index < -0.39 is 0 Å². The zero-order chi connectivity index (χ0) is 11.7. The molecular formula is C12H8Cl2IN. The average molecular weight is 364 g/mol. The van der Waals surface area contributed by atoms with Gasteiger partial charge in [-0.2, -0.15) is 0 Å². The van der Waals surface area contributed by atoms with E-state index in [1.807, 2.05) is 19.1 Å². The Morgan fingerprint density at radius 2 is 1.94 bits per heavy atom. The van der Waals surface area contributed by atoms with Crippen molar-refractivity contribution in [3.05, 3.63) is 49.6 Å². The minimum absolute atomic E-state index is 0.666. The number of rotatable bonds is 1. The van der Waals surface area contributed by atoms with Crippen LogP contribution >= 0.6 is 45.8 Å². The minimum atomic E-state index is 0.666. The summed E-state index contributed by atoms with van der Waals surface area (Å²) >= 11 is 14.4. The summed E-state index contributed by atoms with van der Waals surface area (Å²) in [4.78, 5) is 4.36. The fourth-order valence-electron chi connectivity index (χ4n) is 1.46. The van der Waals surface area contributed by atoms with Crippen LogP contribution < -0.4 is 0 Å². The summed E-state index contributed by atoms with van der Waals surface area (Å²) in [6.07, 6.45) is 1.78. The predicted molar refractivity (Wildman–Crippen MR) is 77.1 cm³/mol. The number of halogens is 3. The smallest absolute Gasteiger partial charge is 0.0757 e. The van der Waals surface area contributed by atoms with Crippen molar-refractivity contribution < 1.29 is 0 Å². The second kappa shape index (κ2) is 4.90. The summed E-state index contributed by atoms with van der Waals surface area (Å²) in [5.41, 5.74) is 2.89. The summed E-state index contributed by atoms with van der Waals surface area (Å²) in [6, 6.07) is 7.38. The molecule has 4 heteroatoms. The zero-order valence-corrected chi connectivity index (χ0v) is 12.1. The van der Waals surface area contributed by atoms with E-state index in [-0.39, 0.29) is 0 Å². The highest BCUT2D eigenvalue weighted by molar-refractivity contribution is 14.1. The molecule has 1 nitrogen and oxygen atoms in total. The Labute approximate surface area is 118 Å². The van der Waals surface area contributed by atoms with Crippen LogP contribution in [0.5, 0.6) is 0 Å². The number of pyridine rings is 1. The molecule has 2 rings (SSSR count). The third kappa shape index (κ3) is 2.34. The van der Waals surface area contributed by atoms with Gasteiger partial charge in [0.2, 0.25) is 0 Å². The lowest BCUT2D eigenvalue weighted by Crippen LogP contribution is -1.91. The molecule has 16 heavy (non-hydrogen) atoms. The summed E-state index contributed by atoms with van der Waals surface area (Å²) < 4.78 is 1.17. The Hall–Kier alpha value is -0.320. The highest BCUT2D eigenvalue weighted by Crippen LogP contribution is 2.32. The molecule has 2 aromatic rings. The molecule has 0 spiro atoms. The van der Waals surface area contributed by atoms with Crippen LogP contribution in [0.15, 0.2) is 30.5 Å². The van der Waals surface area contributed by atoms with Gasteiger partial charge in [0, 0.05) is 20.4 Å². The van der Waals surface area contributed by atoms with Gasteiger partial charge in [0.25, 0.3) is 0 Å². The van der Waals surface area contributed by atoms with Crippen molar-refractivity contribution in [1.29, 1.82) is 0 Å². The van der Waals surface area contributed by atoms with E-state index in [2.05, 4.69) is 27.6 Å². The van der Waals surface area contributed by atoms with Gasteiger partial charge in [0.1, 0.15) is 0 Å². The molecule has 0 aliphatic heterocycles. The first-order chi connectivity index (χ1) is 7.59. The molecule has 1 aromatic heterocycles. The minimum Gasteiger partial charge on any atom is -0.256 e. The Morgan fingerprint density at radius 3 is 2.69 bits per heavy atom. The van der Waals surface area contributed by atoms with Crippen molar-refractivity contribution in [2.24, 2.45) is 0 Å². The molecule has 1 aromatic carbocycles. The maximum atomic E-state index is 6.15. The van der Waals surface area contributed by atoms with Crippen LogP contribution in [0.25, 0.3) is 11.3 Å². The molecule has 0 atom stereocenters. The van der Waals surface area contributed by atoms with Gasteiger partial charge in [-0.1, -0.05) is 23.2 Å². The molecular weight excluding hydrogens is 356 g/mol. The van der Waals surface area contributed by atoms with Gasteiger partial charge in [-0.3, -0.25) is 4.98 Å². The van der Waals surface area contributed by atoms with E-state index in [4.69, 9.17) is 23.2 Å². The monoisotopic (exact) mass is 363 g/mol. The number of benzene rings is 1. The molecule has 0 amide bonds. The van der Waals surface area contributed by atoms with E-state index in [1.54, 1.807) is 18.3 Å². The van der Waals surface area contributed by atoms with Gasteiger partial charge in [-0.15, -0.1) is 0 Å². The molecule has 0 fully saturated rings. The van der Waals surface area contributed by atoms with Crippen LogP contribution in [-0.2, 0) is 0 Å². The summed E-state index contributed by atoms with van der Waals surface area (Å²) in [5, 5.41) is 1.33. The molecule has 1 heterocycles. The van der Waals surface area contributed by atoms with Gasteiger partial charge in [-0.05, 0) is 59.3 Å². The maximum Gasteiger partial charge on any atom is 0.0757 e. The fourth-order valence-corrected chi connectivity index (χ4v) is 2.26. The lowest BCUT2D eigenvalue weighted by molar-refractivity contribution is 1.25. The van der Waals surface area contributed by atoms with Crippen molar-refractivity contribution in [3.8, 4) is 11.3 Å². The van der Waals surface area contributed by atoms with E-state index in [0.29, 0.717) is 10.0 Å². The number of hydrogen-bond acceptors (Lipinski definition) is 1. The highest BCUT2D eigenvalue weighted by atomic mass is 127. The Balaban J connectivity index is 2.67. The van der Waals surface area contributed by atoms with Crippen molar-refractivity contribution in [3.63, 3.8) is 0 Å². The zero-order valence-electron chi connectivity index (χ0n) is 8.47. The third-order valence-electron chi connectivity index (χ3n) is 2.32. The largest absolute Gasteiger partial charge is 0.256 e. The SMILES string of the molecule is Cc1c(I)ccnc1-c1cc(Cl)ccc1Cl. The van der Waals surface area contributed by atoms with E-state index in [0.717, 1.165) is 16.8 Å². The normalized spacial score (nSPS) is 10.5. The predicted octanol–water partition coefficient (Wildman–Crippen LogP) is 4.97. The highest BCUT2D eigenvalue weighted by Gasteiger charge is 2.10. The van der Waals surface area contributed by atoms with Crippen molar-refractivity contribution in [1.82, 2.24) is 4.98 Å². The standard InChI is InChI=1S/C12H8Cl2IN/c1-7-11(15)4-5-16-12(7)9-6-8(13)2-3-10(9)14/h2-6H,1H3. The summed E-state index contributed by atoms with van der Waals surface area (Å²) in [6.45, 7) is 2.03. The van der Waals surface area contributed by atoms with E-state index >= 15 is 0 Å². The van der Waals surface area contributed by atoms with E-state index in [9.17, 15) is 0 Å². The molecule has 0 N–H and O–H groups in total. The maximum absolute atomic E-state index is 6.15. The van der Waals surface area contributed by atoms with E-state index in [1.165, 1.54) is 3.57 Å². The topological polar surface area (TPSA) is 12.9 Å². The van der Waals surface area contributed by atoms with Crippen LogP contribution in [0, 0.1) is 10.5 Å². The molecule has 0 aliphatic rings. The van der Waals surface area contributed by atoms with Crippen LogP contribution in [0.2, 0.25) is 10.0 Å². The Kier molecular flexibility index (Phi) is 3.72. The molecule has 0 unspecified atom stereocenters. The van der Waals surface area contributed by atoms with Gasteiger partial charge >= 0.3 is 0 Å². The molecule has 0 aliphatic carbocycles. The van der Waals surface area contributed by atoms with Crippen molar-refractivity contribution in [2.75, 3.05) is 0 Å².